The number of nitrogens with one attached hydrogen (secondary N) is 2. The minimum absolute atomic E-state index is 0.00593. The van der Waals surface area contributed by atoms with Crippen LogP contribution in [0.5, 0.6) is 0 Å². The Labute approximate surface area is 291 Å². The molecule has 4 fully saturated rings. The van der Waals surface area contributed by atoms with Gasteiger partial charge in [-0.1, -0.05) is 80.1 Å². The first-order valence-electron chi connectivity index (χ1n) is 20.2. The van der Waals surface area contributed by atoms with Gasteiger partial charge in [0.05, 0.1) is 0 Å². The van der Waals surface area contributed by atoms with Crippen molar-refractivity contribution < 1.29 is 24.0 Å². The van der Waals surface area contributed by atoms with Gasteiger partial charge in [0.15, 0.2) is 0 Å². The van der Waals surface area contributed by atoms with Crippen LogP contribution in [0.3, 0.4) is 0 Å². The zero-order valence-electron chi connectivity index (χ0n) is 31.2. The number of rotatable bonds is 16. The fraction of sp³-hybridized carbons (Fsp3) is 0.878. The maximum atomic E-state index is 14.0. The molecule has 0 spiro atoms. The molecule has 4 saturated carbocycles. The third-order valence-corrected chi connectivity index (χ3v) is 13.1. The summed E-state index contributed by atoms with van der Waals surface area (Å²) in [7, 11) is 0. The molecule has 0 heterocycles. The molecule has 272 valence electrons. The first-order chi connectivity index (χ1) is 23.0. The minimum atomic E-state index is -0.205. The lowest BCUT2D eigenvalue weighted by molar-refractivity contribution is -0.133. The molecule has 4 rings (SSSR count). The first-order valence-corrected chi connectivity index (χ1v) is 20.2. The van der Waals surface area contributed by atoms with Crippen LogP contribution in [-0.4, -0.2) is 41.2 Å². The van der Waals surface area contributed by atoms with Gasteiger partial charge in [-0.2, -0.15) is 0 Å². The van der Waals surface area contributed by atoms with E-state index in [1.54, 1.807) is 0 Å². The summed E-state index contributed by atoms with van der Waals surface area (Å²) >= 11 is 0. The molecule has 2 N–H and O–H groups in total. The van der Waals surface area contributed by atoms with Gasteiger partial charge in [-0.25, -0.2) is 0 Å². The zero-order chi connectivity index (χ0) is 35.0. The van der Waals surface area contributed by atoms with Gasteiger partial charge in [-0.05, 0) is 87.9 Å². The van der Waals surface area contributed by atoms with Gasteiger partial charge >= 0.3 is 0 Å². The van der Waals surface area contributed by atoms with E-state index in [9.17, 15) is 24.0 Å². The summed E-state index contributed by atoms with van der Waals surface area (Å²) in [6.07, 6.45) is 16.1. The summed E-state index contributed by atoms with van der Waals surface area (Å²) in [6.45, 7) is 12.1. The average Bonchev–Trinajstić information content (AvgIpc) is 3.73. The maximum absolute atomic E-state index is 14.0. The molecule has 4 aliphatic rings. The van der Waals surface area contributed by atoms with Crippen LogP contribution in [0.15, 0.2) is 0 Å². The molecule has 7 nitrogen and oxygen atoms in total. The lowest BCUT2D eigenvalue weighted by atomic mass is 9.67. The second-order valence-electron chi connectivity index (χ2n) is 16.8. The van der Waals surface area contributed by atoms with E-state index in [1.165, 1.54) is 0 Å². The maximum Gasteiger partial charge on any atom is 0.223 e. The van der Waals surface area contributed by atoms with E-state index in [0.717, 1.165) is 96.3 Å². The molecule has 0 unspecified atom stereocenters. The Bertz CT molecular complexity index is 1120. The average molecular weight is 669 g/mol. The molecule has 2 amide bonds. The van der Waals surface area contributed by atoms with E-state index in [0.29, 0.717) is 25.0 Å². The van der Waals surface area contributed by atoms with Gasteiger partial charge in [-0.3, -0.25) is 24.0 Å². The summed E-state index contributed by atoms with van der Waals surface area (Å²) in [5, 5.41) is 6.78. The monoisotopic (exact) mass is 669 g/mol. The van der Waals surface area contributed by atoms with Crippen molar-refractivity contribution in [2.75, 3.05) is 0 Å². The number of amides is 2. The van der Waals surface area contributed by atoms with Crippen molar-refractivity contribution in [2.24, 2.45) is 59.2 Å². The highest BCUT2D eigenvalue weighted by atomic mass is 16.2. The molecule has 0 aromatic rings. The zero-order valence-corrected chi connectivity index (χ0v) is 31.2. The lowest BCUT2D eigenvalue weighted by Gasteiger charge is -2.38. The number of carbonyl (C=O) groups is 5. The predicted octanol–water partition coefficient (Wildman–Crippen LogP) is 8.02. The fourth-order valence-corrected chi connectivity index (χ4v) is 10.3. The largest absolute Gasteiger partial charge is 0.353 e. The molecule has 7 heteroatoms. The van der Waals surface area contributed by atoms with Crippen LogP contribution in [0.1, 0.15) is 157 Å². The van der Waals surface area contributed by atoms with E-state index in [2.05, 4.69) is 24.5 Å². The third-order valence-electron chi connectivity index (χ3n) is 13.1. The smallest absolute Gasteiger partial charge is 0.223 e. The molecule has 48 heavy (non-hydrogen) atoms. The highest BCUT2D eigenvalue weighted by molar-refractivity contribution is 5.86. The number of hydrogen-bond acceptors (Lipinski definition) is 5. The molecule has 0 aromatic carbocycles. The van der Waals surface area contributed by atoms with Crippen molar-refractivity contribution in [3.05, 3.63) is 0 Å². The quantitative estimate of drug-likeness (QED) is 0.173. The first kappa shape index (κ1) is 38.7. The van der Waals surface area contributed by atoms with E-state index >= 15 is 0 Å². The summed E-state index contributed by atoms with van der Waals surface area (Å²) in [5.74, 6) is 1.31. The highest BCUT2D eigenvalue weighted by Crippen LogP contribution is 2.42. The number of hydrogen-bond donors (Lipinski definition) is 2. The van der Waals surface area contributed by atoms with Crippen molar-refractivity contribution in [3.8, 4) is 0 Å². The van der Waals surface area contributed by atoms with Gasteiger partial charge in [0.1, 0.15) is 17.3 Å². The van der Waals surface area contributed by atoms with Crippen molar-refractivity contribution in [1.29, 1.82) is 0 Å². The van der Waals surface area contributed by atoms with Gasteiger partial charge in [0, 0.05) is 60.4 Å². The van der Waals surface area contributed by atoms with Crippen LogP contribution in [-0.2, 0) is 24.0 Å². The molecule has 0 radical (unpaired) electrons. The Morgan fingerprint density at radius 2 is 1.15 bits per heavy atom. The van der Waals surface area contributed by atoms with Crippen LogP contribution >= 0.6 is 0 Å². The van der Waals surface area contributed by atoms with Crippen LogP contribution in [0.2, 0.25) is 0 Å². The Hall–Kier alpha value is -2.05. The van der Waals surface area contributed by atoms with E-state index < -0.39 is 0 Å². The molecule has 0 bridgehead atoms. The van der Waals surface area contributed by atoms with Gasteiger partial charge in [0.2, 0.25) is 11.8 Å². The van der Waals surface area contributed by atoms with Crippen molar-refractivity contribution in [2.45, 2.75) is 169 Å². The number of Topliss-reactive ketones (excluding diaryl/α,β-unsaturated/α-hetero) is 3. The van der Waals surface area contributed by atoms with E-state index in [1.807, 2.05) is 27.7 Å². The van der Waals surface area contributed by atoms with Gasteiger partial charge in [-0.15, -0.1) is 0 Å². The van der Waals surface area contributed by atoms with Gasteiger partial charge in [0.25, 0.3) is 0 Å². The number of carbonyl (C=O) groups excluding carboxylic acids is 5. The minimum Gasteiger partial charge on any atom is -0.353 e. The van der Waals surface area contributed by atoms with E-state index in [-0.39, 0.29) is 94.6 Å². The molecule has 10 atom stereocenters. The summed E-state index contributed by atoms with van der Waals surface area (Å²) in [6, 6.07) is -0.164. The highest BCUT2D eigenvalue weighted by Gasteiger charge is 2.43. The Kier molecular flexibility index (Phi) is 14.7. The summed E-state index contributed by atoms with van der Waals surface area (Å²) < 4.78 is 0. The Morgan fingerprint density at radius 3 is 1.81 bits per heavy atom. The molecule has 0 aliphatic heterocycles. The van der Waals surface area contributed by atoms with Gasteiger partial charge < -0.3 is 10.6 Å². The van der Waals surface area contributed by atoms with Crippen molar-refractivity contribution in [1.82, 2.24) is 10.6 Å². The molecule has 0 aromatic heterocycles. The van der Waals surface area contributed by atoms with Crippen LogP contribution in [0, 0.1) is 59.2 Å². The predicted molar refractivity (Wildman–Crippen MR) is 191 cm³/mol. The van der Waals surface area contributed by atoms with Crippen LogP contribution < -0.4 is 10.6 Å². The second kappa shape index (κ2) is 18.3. The third kappa shape index (κ3) is 9.59. The SMILES string of the molecule is CC[C@@H](C(=O)C(C)C)[C@H]1CCCC[C@H]1CC(=O)[C@@H]1CCC[C@H]1NC(=O)[C@H](CC)[C@H]1CCCC[C@@H]1NC(=O)[C@@H]1CCC[C@H]1CC(=O)C(C)C. The normalized spacial score (nSPS) is 32.2. The molecule has 4 aliphatic carbocycles. The Balaban J connectivity index is 1.38. The summed E-state index contributed by atoms with van der Waals surface area (Å²) in [4.78, 5) is 67.2. The molecular weight excluding hydrogens is 600 g/mol. The number of ketones is 3. The van der Waals surface area contributed by atoms with Crippen molar-refractivity contribution in [3.63, 3.8) is 0 Å². The molecular formula is C41H68N2O5. The summed E-state index contributed by atoms with van der Waals surface area (Å²) in [5.41, 5.74) is 0. The second-order valence-corrected chi connectivity index (χ2v) is 16.8. The molecule has 0 saturated heterocycles. The fourth-order valence-electron chi connectivity index (χ4n) is 10.3. The van der Waals surface area contributed by atoms with Crippen LogP contribution in [0.25, 0.3) is 0 Å². The van der Waals surface area contributed by atoms with Crippen LogP contribution in [0.4, 0.5) is 0 Å². The lowest BCUT2D eigenvalue weighted by Crippen LogP contribution is -2.51. The Morgan fingerprint density at radius 1 is 0.562 bits per heavy atom. The van der Waals surface area contributed by atoms with Crippen molar-refractivity contribution >= 4 is 29.2 Å². The van der Waals surface area contributed by atoms with E-state index in [4.69, 9.17) is 0 Å². The standard InChI is InChI=1S/C41H68N2O5/c1-7-29(39(46)26(5)6)31-17-10-9-15-27(31)24-38(45)34-20-14-22-36(34)43-40(47)30(8-2)33-18-11-12-21-35(33)42-41(48)32-19-13-16-28(32)23-37(44)25(3)4/h25-36H,7-24H2,1-6H3,(H,42,48)(H,43,47)/t27-,28-,29+,30+,31-,32+,33+,34+,35-,36+/m0/s1. The topological polar surface area (TPSA) is 109 Å².